The van der Waals surface area contributed by atoms with Gasteiger partial charge in [-0.3, -0.25) is 15.5 Å². The number of hydrogen-bond donors (Lipinski definition) is 1. The largest absolute Gasteiger partial charge is 0.294 e. The molecular formula is C13H9Cl2N3O2. The van der Waals surface area contributed by atoms with Crippen molar-refractivity contribution >= 4 is 40.8 Å². The highest BCUT2D eigenvalue weighted by Gasteiger charge is 2.11. The van der Waals surface area contributed by atoms with E-state index in [4.69, 9.17) is 23.2 Å². The second-order valence-electron chi connectivity index (χ2n) is 3.79. The first kappa shape index (κ1) is 14.3. The number of hydrazone groups is 1. The van der Waals surface area contributed by atoms with E-state index >= 15 is 0 Å². The molecule has 2 rings (SSSR count). The number of halogens is 2. The van der Waals surface area contributed by atoms with Gasteiger partial charge in [0.15, 0.2) is 0 Å². The van der Waals surface area contributed by atoms with E-state index in [-0.39, 0.29) is 5.69 Å². The fourth-order valence-corrected chi connectivity index (χ4v) is 1.88. The molecule has 0 aliphatic heterocycles. The summed E-state index contributed by atoms with van der Waals surface area (Å²) in [7, 11) is 0. The molecule has 5 nitrogen and oxygen atoms in total. The highest BCUT2D eigenvalue weighted by molar-refractivity contribution is 6.43. The number of anilines is 1. The summed E-state index contributed by atoms with van der Waals surface area (Å²) in [6, 6.07) is 11.4. The molecule has 0 saturated heterocycles. The van der Waals surface area contributed by atoms with E-state index in [1.165, 1.54) is 12.3 Å². The molecular weight excluding hydrogens is 301 g/mol. The van der Waals surface area contributed by atoms with Gasteiger partial charge in [-0.2, -0.15) is 5.10 Å². The maximum absolute atomic E-state index is 10.8. The van der Waals surface area contributed by atoms with Gasteiger partial charge in [0.05, 0.1) is 21.2 Å². The zero-order chi connectivity index (χ0) is 14.5. The SMILES string of the molecule is O=[N+]([O-])c1ccccc1N/N=C/c1cccc(Cl)c1Cl. The molecule has 0 atom stereocenters. The van der Waals surface area contributed by atoms with Crippen LogP contribution >= 0.6 is 23.2 Å². The number of nitro benzene ring substituents is 1. The molecule has 1 N–H and O–H groups in total. The first-order valence-corrected chi connectivity index (χ1v) is 6.31. The van der Waals surface area contributed by atoms with E-state index in [2.05, 4.69) is 10.5 Å². The zero-order valence-electron chi connectivity index (χ0n) is 10.1. The molecule has 2 aromatic carbocycles. The molecule has 0 saturated carbocycles. The summed E-state index contributed by atoms with van der Waals surface area (Å²) in [6.45, 7) is 0. The van der Waals surface area contributed by atoms with E-state index in [9.17, 15) is 10.1 Å². The van der Waals surface area contributed by atoms with Gasteiger partial charge in [0.2, 0.25) is 0 Å². The Morgan fingerprint density at radius 3 is 2.65 bits per heavy atom. The Morgan fingerprint density at radius 2 is 1.90 bits per heavy atom. The molecule has 0 bridgehead atoms. The van der Waals surface area contributed by atoms with Crippen LogP contribution in [0.5, 0.6) is 0 Å². The van der Waals surface area contributed by atoms with Crippen molar-refractivity contribution in [3.8, 4) is 0 Å². The summed E-state index contributed by atoms with van der Waals surface area (Å²) >= 11 is 11.9. The average molecular weight is 310 g/mol. The van der Waals surface area contributed by atoms with Gasteiger partial charge >= 0.3 is 0 Å². The fourth-order valence-electron chi connectivity index (χ4n) is 1.52. The van der Waals surface area contributed by atoms with Crippen LogP contribution in [0, 0.1) is 10.1 Å². The Balaban J connectivity index is 2.19. The molecule has 0 fully saturated rings. The predicted octanol–water partition coefficient (Wildman–Crippen LogP) is 4.35. The highest BCUT2D eigenvalue weighted by Crippen LogP contribution is 2.25. The lowest BCUT2D eigenvalue weighted by Gasteiger charge is -2.02. The number of para-hydroxylation sites is 2. The van der Waals surface area contributed by atoms with Crippen molar-refractivity contribution in [3.05, 3.63) is 68.2 Å². The van der Waals surface area contributed by atoms with Gasteiger partial charge in [0.25, 0.3) is 5.69 Å². The van der Waals surface area contributed by atoms with Gasteiger partial charge in [0, 0.05) is 11.6 Å². The topological polar surface area (TPSA) is 67.5 Å². The fraction of sp³-hybridized carbons (Fsp3) is 0. The minimum atomic E-state index is -0.482. The van der Waals surface area contributed by atoms with Crippen LogP contribution in [-0.2, 0) is 0 Å². The molecule has 0 unspecified atom stereocenters. The molecule has 7 heteroatoms. The van der Waals surface area contributed by atoms with E-state index in [0.717, 1.165) is 0 Å². The van der Waals surface area contributed by atoms with Crippen molar-refractivity contribution in [1.29, 1.82) is 0 Å². The summed E-state index contributed by atoms with van der Waals surface area (Å²) < 4.78 is 0. The highest BCUT2D eigenvalue weighted by atomic mass is 35.5. The first-order valence-electron chi connectivity index (χ1n) is 5.56. The smallest absolute Gasteiger partial charge is 0.272 e. The van der Waals surface area contributed by atoms with Crippen LogP contribution in [0.25, 0.3) is 0 Å². The third kappa shape index (κ3) is 3.26. The van der Waals surface area contributed by atoms with E-state index in [1.54, 1.807) is 36.4 Å². The number of nitro groups is 1. The molecule has 0 radical (unpaired) electrons. The number of rotatable bonds is 4. The van der Waals surface area contributed by atoms with Crippen molar-refractivity contribution in [2.24, 2.45) is 5.10 Å². The lowest BCUT2D eigenvalue weighted by molar-refractivity contribution is -0.384. The lowest BCUT2D eigenvalue weighted by Crippen LogP contribution is -1.96. The van der Waals surface area contributed by atoms with Crippen LogP contribution in [0.2, 0.25) is 10.0 Å². The molecule has 0 heterocycles. The molecule has 0 aromatic heterocycles. The molecule has 2 aromatic rings. The van der Waals surface area contributed by atoms with Gasteiger partial charge < -0.3 is 0 Å². The molecule has 0 amide bonds. The normalized spacial score (nSPS) is 10.7. The maximum Gasteiger partial charge on any atom is 0.294 e. The summed E-state index contributed by atoms with van der Waals surface area (Å²) in [5.74, 6) is 0. The second-order valence-corrected chi connectivity index (χ2v) is 4.57. The maximum atomic E-state index is 10.8. The molecule has 102 valence electrons. The van der Waals surface area contributed by atoms with E-state index in [1.807, 2.05) is 0 Å². The zero-order valence-corrected chi connectivity index (χ0v) is 11.6. The minimum Gasteiger partial charge on any atom is -0.272 e. The Hall–Kier alpha value is -2.11. The van der Waals surface area contributed by atoms with Crippen LogP contribution in [0.3, 0.4) is 0 Å². The van der Waals surface area contributed by atoms with Crippen molar-refractivity contribution in [2.75, 3.05) is 5.43 Å². The lowest BCUT2D eigenvalue weighted by atomic mass is 10.2. The van der Waals surface area contributed by atoms with Crippen LogP contribution in [0.15, 0.2) is 47.6 Å². The van der Waals surface area contributed by atoms with Crippen LogP contribution in [0.4, 0.5) is 11.4 Å². The molecule has 20 heavy (non-hydrogen) atoms. The third-order valence-electron chi connectivity index (χ3n) is 2.47. The summed E-state index contributed by atoms with van der Waals surface area (Å²) in [5, 5.41) is 15.6. The number of nitrogens with one attached hydrogen (secondary N) is 1. The predicted molar refractivity (Wildman–Crippen MR) is 80.8 cm³/mol. The van der Waals surface area contributed by atoms with Crippen LogP contribution in [-0.4, -0.2) is 11.1 Å². The van der Waals surface area contributed by atoms with Crippen molar-refractivity contribution in [1.82, 2.24) is 0 Å². The first-order chi connectivity index (χ1) is 9.59. The Kier molecular flexibility index (Phi) is 4.55. The number of hydrogen-bond acceptors (Lipinski definition) is 4. The van der Waals surface area contributed by atoms with Gasteiger partial charge in [0.1, 0.15) is 5.69 Å². The average Bonchev–Trinajstić information content (AvgIpc) is 2.44. The van der Waals surface area contributed by atoms with Gasteiger partial charge in [-0.1, -0.05) is 47.5 Å². The quantitative estimate of drug-likeness (QED) is 0.518. The standard InChI is InChI=1S/C13H9Cl2N3O2/c14-10-5-3-4-9(13(10)15)8-16-17-11-6-1-2-7-12(11)18(19)20/h1-8,17H/b16-8+. The van der Waals surface area contributed by atoms with E-state index in [0.29, 0.717) is 21.3 Å². The second kappa shape index (κ2) is 6.36. The number of nitrogens with zero attached hydrogens (tertiary/aromatic N) is 2. The summed E-state index contributed by atoms with van der Waals surface area (Å²) in [6.07, 6.45) is 1.45. The minimum absolute atomic E-state index is 0.0539. The van der Waals surface area contributed by atoms with Gasteiger partial charge in [-0.15, -0.1) is 0 Å². The Morgan fingerprint density at radius 1 is 1.15 bits per heavy atom. The molecule has 0 spiro atoms. The van der Waals surface area contributed by atoms with Crippen molar-refractivity contribution in [3.63, 3.8) is 0 Å². The van der Waals surface area contributed by atoms with Crippen molar-refractivity contribution < 1.29 is 4.92 Å². The van der Waals surface area contributed by atoms with Gasteiger partial charge in [-0.05, 0) is 12.1 Å². The monoisotopic (exact) mass is 309 g/mol. The Labute approximate surface area is 125 Å². The van der Waals surface area contributed by atoms with Crippen molar-refractivity contribution in [2.45, 2.75) is 0 Å². The summed E-state index contributed by atoms with van der Waals surface area (Å²) in [4.78, 5) is 10.3. The van der Waals surface area contributed by atoms with Gasteiger partial charge in [-0.25, -0.2) is 0 Å². The van der Waals surface area contributed by atoms with Crippen LogP contribution in [0.1, 0.15) is 5.56 Å². The third-order valence-corrected chi connectivity index (χ3v) is 3.30. The number of benzene rings is 2. The molecule has 0 aliphatic carbocycles. The van der Waals surface area contributed by atoms with E-state index < -0.39 is 4.92 Å². The summed E-state index contributed by atoms with van der Waals surface area (Å²) in [5.41, 5.74) is 3.48. The Bertz CT molecular complexity index is 674. The van der Waals surface area contributed by atoms with Crippen LogP contribution < -0.4 is 5.43 Å². The molecule has 0 aliphatic rings.